The smallest absolute Gasteiger partial charge is 0.355 e. The summed E-state index contributed by atoms with van der Waals surface area (Å²) in [6.07, 6.45) is -1.78. The molecule has 0 unspecified atom stereocenters. The normalized spacial score (nSPS) is 11.6. The van der Waals surface area contributed by atoms with Crippen molar-refractivity contribution in [2.75, 3.05) is 12.4 Å². The molecule has 2 N–H and O–H groups in total. The summed E-state index contributed by atoms with van der Waals surface area (Å²) in [4.78, 5) is 24.6. The Morgan fingerprint density at radius 2 is 1.88 bits per heavy atom. The molecule has 0 saturated carbocycles. The summed E-state index contributed by atoms with van der Waals surface area (Å²) in [5, 5.41) is 10.4. The van der Waals surface area contributed by atoms with Crippen LogP contribution in [0.3, 0.4) is 0 Å². The molecule has 32 heavy (non-hydrogen) atoms. The molecular weight excluding hydrogens is 423 g/mol. The number of pyridine rings is 1. The molecule has 0 fully saturated rings. The van der Waals surface area contributed by atoms with Gasteiger partial charge in [0.2, 0.25) is 0 Å². The minimum atomic E-state index is -4.51. The molecule has 0 aliphatic heterocycles. The number of hydrogen-bond acceptors (Lipinski definition) is 6. The molecule has 4 rings (SSSR count). The summed E-state index contributed by atoms with van der Waals surface area (Å²) >= 11 is 0. The number of rotatable bonds is 4. The second kappa shape index (κ2) is 7.91. The number of carbonyl (C=O) groups is 1. The fraction of sp³-hybridized carbons (Fsp3) is 0.190. The molecule has 8 nitrogen and oxygen atoms in total. The van der Waals surface area contributed by atoms with Crippen molar-refractivity contribution in [1.29, 1.82) is 0 Å². The van der Waals surface area contributed by atoms with Crippen LogP contribution in [0.2, 0.25) is 0 Å². The van der Waals surface area contributed by atoms with Gasteiger partial charge in [-0.25, -0.2) is 15.0 Å². The van der Waals surface area contributed by atoms with Crippen LogP contribution < -0.4 is 10.6 Å². The highest BCUT2D eigenvalue weighted by Crippen LogP contribution is 2.32. The third-order valence-electron chi connectivity index (χ3n) is 4.83. The van der Waals surface area contributed by atoms with Gasteiger partial charge in [-0.2, -0.15) is 23.0 Å². The van der Waals surface area contributed by atoms with Crippen molar-refractivity contribution in [2.24, 2.45) is 0 Å². The number of alkyl halides is 3. The molecule has 0 saturated heterocycles. The van der Waals surface area contributed by atoms with Gasteiger partial charge in [0.05, 0.1) is 17.1 Å². The van der Waals surface area contributed by atoms with Crippen LogP contribution in [0.5, 0.6) is 0 Å². The lowest BCUT2D eigenvalue weighted by Gasteiger charge is -2.12. The van der Waals surface area contributed by atoms with E-state index >= 15 is 0 Å². The van der Waals surface area contributed by atoms with Crippen LogP contribution in [0.15, 0.2) is 42.9 Å². The molecule has 4 aromatic rings. The number of aryl methyl sites for hydroxylation is 2. The Kier molecular flexibility index (Phi) is 5.25. The summed E-state index contributed by atoms with van der Waals surface area (Å²) in [5.74, 6) is 0.150. The summed E-state index contributed by atoms with van der Waals surface area (Å²) < 4.78 is 41.0. The van der Waals surface area contributed by atoms with Gasteiger partial charge >= 0.3 is 6.18 Å². The van der Waals surface area contributed by atoms with E-state index in [-0.39, 0.29) is 23.1 Å². The zero-order valence-electron chi connectivity index (χ0n) is 17.3. The first-order valence-corrected chi connectivity index (χ1v) is 9.52. The van der Waals surface area contributed by atoms with Crippen molar-refractivity contribution in [2.45, 2.75) is 20.0 Å². The molecule has 3 aromatic heterocycles. The van der Waals surface area contributed by atoms with Crippen LogP contribution in [0.25, 0.3) is 16.9 Å². The van der Waals surface area contributed by atoms with E-state index < -0.39 is 11.7 Å². The topological polar surface area (TPSA) is 97.6 Å². The fourth-order valence-electron chi connectivity index (χ4n) is 3.20. The molecule has 1 amide bonds. The number of anilines is 2. The van der Waals surface area contributed by atoms with Gasteiger partial charge in [-0.15, -0.1) is 0 Å². The predicted molar refractivity (Wildman–Crippen MR) is 112 cm³/mol. The van der Waals surface area contributed by atoms with E-state index in [9.17, 15) is 18.0 Å². The highest BCUT2D eigenvalue weighted by Gasteiger charge is 2.31. The van der Waals surface area contributed by atoms with Crippen molar-refractivity contribution in [1.82, 2.24) is 30.0 Å². The Morgan fingerprint density at radius 3 is 2.59 bits per heavy atom. The number of amides is 1. The van der Waals surface area contributed by atoms with Crippen molar-refractivity contribution in [3.05, 3.63) is 65.2 Å². The van der Waals surface area contributed by atoms with Gasteiger partial charge in [-0.05, 0) is 43.7 Å². The first-order valence-electron chi connectivity index (χ1n) is 9.52. The Bertz CT molecular complexity index is 1330. The van der Waals surface area contributed by atoms with Crippen LogP contribution in [-0.4, -0.2) is 37.7 Å². The lowest BCUT2D eigenvalue weighted by Crippen LogP contribution is -2.17. The quantitative estimate of drug-likeness (QED) is 0.498. The average molecular weight is 441 g/mol. The van der Waals surface area contributed by atoms with E-state index in [1.165, 1.54) is 24.1 Å². The molecule has 1 aromatic carbocycles. The van der Waals surface area contributed by atoms with Crippen LogP contribution in [0.4, 0.5) is 24.7 Å². The number of carbonyl (C=O) groups excluding carboxylic acids is 1. The highest BCUT2D eigenvalue weighted by molar-refractivity contribution is 5.96. The Hall–Kier alpha value is -4.02. The van der Waals surface area contributed by atoms with Gasteiger partial charge in [0, 0.05) is 24.0 Å². The number of hydrogen-bond donors (Lipinski definition) is 2. The minimum absolute atomic E-state index is 0.00484. The van der Waals surface area contributed by atoms with E-state index in [1.54, 1.807) is 25.2 Å². The lowest BCUT2D eigenvalue weighted by molar-refractivity contribution is -0.137. The second-order valence-electron chi connectivity index (χ2n) is 7.10. The maximum Gasteiger partial charge on any atom is 0.416 e. The van der Waals surface area contributed by atoms with Crippen LogP contribution in [-0.2, 0) is 6.18 Å². The zero-order chi connectivity index (χ0) is 23.0. The minimum Gasteiger partial charge on any atom is -0.355 e. The number of benzene rings is 1. The monoisotopic (exact) mass is 441 g/mol. The lowest BCUT2D eigenvalue weighted by atomic mass is 10.1. The van der Waals surface area contributed by atoms with Crippen molar-refractivity contribution < 1.29 is 18.0 Å². The Balaban J connectivity index is 1.78. The molecule has 0 aliphatic rings. The van der Waals surface area contributed by atoms with Crippen molar-refractivity contribution in [3.63, 3.8) is 0 Å². The molecule has 0 aliphatic carbocycles. The predicted octanol–water partition coefficient (Wildman–Crippen LogP) is 3.95. The SMILES string of the molecule is CNC(=O)c1ccc(C)c(Nc2ncnc3c2cnn3-c2cc(C(F)(F)F)cc(C)n2)c1. The molecular formula is C21H18F3N7O. The highest BCUT2D eigenvalue weighted by atomic mass is 19.4. The summed E-state index contributed by atoms with van der Waals surface area (Å²) in [5.41, 5.74) is 1.64. The molecule has 0 spiro atoms. The van der Waals surface area contributed by atoms with Crippen LogP contribution in [0, 0.1) is 13.8 Å². The summed E-state index contributed by atoms with van der Waals surface area (Å²) in [6, 6.07) is 7.08. The molecule has 0 atom stereocenters. The third-order valence-corrected chi connectivity index (χ3v) is 4.83. The zero-order valence-corrected chi connectivity index (χ0v) is 17.3. The van der Waals surface area contributed by atoms with E-state index in [1.807, 2.05) is 6.92 Å². The van der Waals surface area contributed by atoms with E-state index in [0.717, 1.165) is 17.7 Å². The van der Waals surface area contributed by atoms with Gasteiger partial charge in [0.25, 0.3) is 5.91 Å². The molecule has 164 valence electrons. The Morgan fingerprint density at radius 1 is 1.09 bits per heavy atom. The first kappa shape index (κ1) is 21.2. The van der Waals surface area contributed by atoms with Crippen molar-refractivity contribution >= 4 is 28.4 Å². The van der Waals surface area contributed by atoms with Gasteiger partial charge in [-0.3, -0.25) is 4.79 Å². The molecule has 0 bridgehead atoms. The molecule has 0 radical (unpaired) electrons. The molecule has 11 heteroatoms. The summed E-state index contributed by atoms with van der Waals surface area (Å²) in [6.45, 7) is 3.35. The maximum atomic E-state index is 13.2. The van der Waals surface area contributed by atoms with E-state index in [4.69, 9.17) is 0 Å². The number of nitrogens with zero attached hydrogens (tertiary/aromatic N) is 5. The largest absolute Gasteiger partial charge is 0.416 e. The second-order valence-corrected chi connectivity index (χ2v) is 7.10. The molecule has 3 heterocycles. The van der Waals surface area contributed by atoms with Crippen molar-refractivity contribution in [3.8, 4) is 5.82 Å². The van der Waals surface area contributed by atoms with Gasteiger partial charge in [0.15, 0.2) is 11.5 Å². The number of aromatic nitrogens is 5. The standard InChI is InChI=1S/C21H18F3N7O/c1-11-4-5-13(20(32)25-3)7-16(11)30-18-15-9-28-31(19(15)27-10-26-18)17-8-14(21(22,23)24)6-12(2)29-17/h4-10H,1-3H3,(H,25,32)(H,26,27,30). The van der Waals surface area contributed by atoms with Crippen LogP contribution >= 0.6 is 0 Å². The number of fused-ring (bicyclic) bond motifs is 1. The first-order chi connectivity index (χ1) is 15.2. The summed E-state index contributed by atoms with van der Waals surface area (Å²) in [7, 11) is 1.54. The third kappa shape index (κ3) is 3.96. The number of halogens is 3. The van der Waals surface area contributed by atoms with Gasteiger partial charge in [0.1, 0.15) is 12.1 Å². The van der Waals surface area contributed by atoms with E-state index in [2.05, 4.69) is 30.7 Å². The average Bonchev–Trinajstić information content (AvgIpc) is 3.19. The van der Waals surface area contributed by atoms with Gasteiger partial charge < -0.3 is 10.6 Å². The number of nitrogens with one attached hydrogen (secondary N) is 2. The van der Waals surface area contributed by atoms with Gasteiger partial charge in [-0.1, -0.05) is 6.07 Å². The Labute approximate surface area is 180 Å². The van der Waals surface area contributed by atoms with Crippen LogP contribution in [0.1, 0.15) is 27.2 Å². The maximum absolute atomic E-state index is 13.2. The fourth-order valence-corrected chi connectivity index (χ4v) is 3.20. The van der Waals surface area contributed by atoms with E-state index in [0.29, 0.717) is 22.5 Å².